The van der Waals surface area contributed by atoms with Crippen molar-refractivity contribution in [2.24, 2.45) is 0 Å². The van der Waals surface area contributed by atoms with Crippen molar-refractivity contribution in [2.75, 3.05) is 13.2 Å². The van der Waals surface area contributed by atoms with Gasteiger partial charge in [0.15, 0.2) is 0 Å². The van der Waals surface area contributed by atoms with Crippen LogP contribution in [0.25, 0.3) is 0 Å². The van der Waals surface area contributed by atoms with E-state index in [0.29, 0.717) is 26.2 Å². The first-order valence-electron chi connectivity index (χ1n) is 7.25. The first kappa shape index (κ1) is 17.6. The van der Waals surface area contributed by atoms with E-state index in [1.807, 2.05) is 30.3 Å². The Labute approximate surface area is 125 Å². The summed E-state index contributed by atoms with van der Waals surface area (Å²) in [6, 6.07) is 9.77. The minimum atomic E-state index is -0.881. The summed E-state index contributed by atoms with van der Waals surface area (Å²) in [6.45, 7) is 2.91. The molecule has 0 aromatic heterocycles. The maximum atomic E-state index is 11.2. The first-order valence-corrected chi connectivity index (χ1v) is 7.25. The fourth-order valence-electron chi connectivity index (χ4n) is 1.91. The molecule has 0 spiro atoms. The van der Waals surface area contributed by atoms with Gasteiger partial charge in [-0.15, -0.1) is 0 Å². The van der Waals surface area contributed by atoms with E-state index < -0.39 is 18.2 Å². The van der Waals surface area contributed by atoms with Crippen LogP contribution in [0.3, 0.4) is 0 Å². The van der Waals surface area contributed by atoms with Gasteiger partial charge in [0.1, 0.15) is 0 Å². The van der Waals surface area contributed by atoms with Crippen molar-refractivity contribution < 1.29 is 24.5 Å². The highest BCUT2D eigenvalue weighted by Gasteiger charge is 2.16. The number of aliphatic hydroxyl groups is 2. The number of aliphatic hydroxyl groups excluding tert-OH is 2. The summed E-state index contributed by atoms with van der Waals surface area (Å²) in [4.78, 5) is 11.2. The number of hydrogen-bond donors (Lipinski definition) is 2. The van der Waals surface area contributed by atoms with Crippen LogP contribution in [0.1, 0.15) is 31.7 Å². The highest BCUT2D eigenvalue weighted by molar-refractivity contribution is 5.69. The summed E-state index contributed by atoms with van der Waals surface area (Å²) < 4.78 is 10.2. The lowest BCUT2D eigenvalue weighted by Gasteiger charge is -2.15. The fourth-order valence-corrected chi connectivity index (χ4v) is 1.91. The Kier molecular flexibility index (Phi) is 8.66. The fraction of sp³-hybridized carbons (Fsp3) is 0.562. The Hall–Kier alpha value is -1.43. The predicted octanol–water partition coefficient (Wildman–Crippen LogP) is 1.66. The lowest BCUT2D eigenvalue weighted by Crippen LogP contribution is -2.22. The molecule has 0 aliphatic rings. The molecular formula is C16H24O5. The highest BCUT2D eigenvalue weighted by Crippen LogP contribution is 2.08. The van der Waals surface area contributed by atoms with Crippen LogP contribution in [0.15, 0.2) is 30.3 Å². The second-order valence-electron chi connectivity index (χ2n) is 4.88. The van der Waals surface area contributed by atoms with Crippen molar-refractivity contribution in [1.82, 2.24) is 0 Å². The van der Waals surface area contributed by atoms with Gasteiger partial charge < -0.3 is 19.7 Å². The van der Waals surface area contributed by atoms with Crippen LogP contribution < -0.4 is 0 Å². The van der Waals surface area contributed by atoms with Crippen LogP contribution in [0.5, 0.6) is 0 Å². The van der Waals surface area contributed by atoms with Gasteiger partial charge in [0.2, 0.25) is 0 Å². The summed E-state index contributed by atoms with van der Waals surface area (Å²) in [6.07, 6.45) is -1.09. The van der Waals surface area contributed by atoms with Crippen LogP contribution in [0.4, 0.5) is 0 Å². The lowest BCUT2D eigenvalue weighted by molar-refractivity contribution is -0.145. The molecular weight excluding hydrogens is 272 g/mol. The van der Waals surface area contributed by atoms with Gasteiger partial charge in [0.25, 0.3) is 0 Å². The summed E-state index contributed by atoms with van der Waals surface area (Å²) in [7, 11) is 0. The Morgan fingerprint density at radius 3 is 2.57 bits per heavy atom. The highest BCUT2D eigenvalue weighted by atomic mass is 16.5. The van der Waals surface area contributed by atoms with Crippen molar-refractivity contribution in [3.63, 3.8) is 0 Å². The number of carbonyl (C=O) groups is 1. The van der Waals surface area contributed by atoms with E-state index in [1.165, 1.54) is 0 Å². The molecule has 118 valence electrons. The Balaban J connectivity index is 2.10. The molecule has 5 heteroatoms. The van der Waals surface area contributed by atoms with E-state index in [2.05, 4.69) is 0 Å². The Bertz CT molecular complexity index is 393. The smallest absolute Gasteiger partial charge is 0.308 e. The molecule has 0 heterocycles. The van der Waals surface area contributed by atoms with Gasteiger partial charge in [0.05, 0.1) is 31.8 Å². The average molecular weight is 296 g/mol. The van der Waals surface area contributed by atoms with Crippen LogP contribution in [0, 0.1) is 0 Å². The van der Waals surface area contributed by atoms with E-state index in [0.717, 1.165) is 5.56 Å². The van der Waals surface area contributed by atoms with Crippen LogP contribution in [-0.2, 0) is 20.9 Å². The second-order valence-corrected chi connectivity index (χ2v) is 4.88. The maximum Gasteiger partial charge on any atom is 0.308 e. The van der Waals surface area contributed by atoms with Gasteiger partial charge >= 0.3 is 5.97 Å². The normalized spacial score (nSPS) is 13.7. The van der Waals surface area contributed by atoms with Gasteiger partial charge in [-0.1, -0.05) is 30.3 Å². The molecule has 1 aromatic carbocycles. The number of carbonyl (C=O) groups excluding carboxylic acids is 1. The molecule has 1 rings (SSSR count). The Morgan fingerprint density at radius 2 is 1.90 bits per heavy atom. The van der Waals surface area contributed by atoms with E-state index >= 15 is 0 Å². The van der Waals surface area contributed by atoms with Crippen molar-refractivity contribution in [1.29, 1.82) is 0 Å². The van der Waals surface area contributed by atoms with Crippen molar-refractivity contribution in [3.05, 3.63) is 35.9 Å². The molecule has 0 saturated heterocycles. The molecule has 2 N–H and O–H groups in total. The molecule has 1 aromatic rings. The number of ether oxygens (including phenoxy) is 2. The van der Waals surface area contributed by atoms with E-state index in [-0.39, 0.29) is 12.8 Å². The number of benzene rings is 1. The van der Waals surface area contributed by atoms with Crippen molar-refractivity contribution >= 4 is 5.97 Å². The quantitative estimate of drug-likeness (QED) is 0.507. The molecule has 0 saturated carbocycles. The van der Waals surface area contributed by atoms with Gasteiger partial charge in [-0.25, -0.2) is 0 Å². The minimum absolute atomic E-state index is 0.0875. The zero-order chi connectivity index (χ0) is 15.5. The third-order valence-electron chi connectivity index (χ3n) is 2.96. The molecule has 0 amide bonds. The summed E-state index contributed by atoms with van der Waals surface area (Å²) in [5.41, 5.74) is 1.08. The minimum Gasteiger partial charge on any atom is -0.466 e. The molecule has 0 fully saturated rings. The molecule has 21 heavy (non-hydrogen) atoms. The number of rotatable bonds is 10. The second kappa shape index (κ2) is 10.3. The third kappa shape index (κ3) is 8.45. The van der Waals surface area contributed by atoms with Crippen LogP contribution >= 0.6 is 0 Å². The van der Waals surface area contributed by atoms with Crippen LogP contribution in [-0.4, -0.2) is 41.6 Å². The number of esters is 1. The topological polar surface area (TPSA) is 76.0 Å². The maximum absolute atomic E-state index is 11.2. The van der Waals surface area contributed by atoms with Gasteiger partial charge in [-0.05, 0) is 25.3 Å². The largest absolute Gasteiger partial charge is 0.466 e. The summed E-state index contributed by atoms with van der Waals surface area (Å²) >= 11 is 0. The monoisotopic (exact) mass is 296 g/mol. The number of hydrogen-bond acceptors (Lipinski definition) is 5. The SMILES string of the molecule is CCOC(=O)C[C@@H](O)C[C@H](O)CCOCc1ccccc1. The zero-order valence-electron chi connectivity index (χ0n) is 12.4. The van der Waals surface area contributed by atoms with Crippen molar-refractivity contribution in [2.45, 2.75) is 45.0 Å². The Morgan fingerprint density at radius 1 is 1.19 bits per heavy atom. The lowest BCUT2D eigenvalue weighted by atomic mass is 10.1. The van der Waals surface area contributed by atoms with Crippen molar-refractivity contribution in [3.8, 4) is 0 Å². The van der Waals surface area contributed by atoms with Gasteiger partial charge in [-0.2, -0.15) is 0 Å². The molecule has 0 aliphatic carbocycles. The molecule has 0 aliphatic heterocycles. The molecule has 2 atom stereocenters. The van der Waals surface area contributed by atoms with Gasteiger partial charge in [0, 0.05) is 6.61 Å². The summed E-state index contributed by atoms with van der Waals surface area (Å²) in [5.74, 6) is -0.447. The zero-order valence-corrected chi connectivity index (χ0v) is 12.4. The molecule has 5 nitrogen and oxygen atoms in total. The summed E-state index contributed by atoms with van der Waals surface area (Å²) in [5, 5.41) is 19.4. The third-order valence-corrected chi connectivity index (χ3v) is 2.96. The first-order chi connectivity index (χ1) is 10.1. The van der Waals surface area contributed by atoms with E-state index in [9.17, 15) is 15.0 Å². The predicted molar refractivity (Wildman–Crippen MR) is 78.6 cm³/mol. The van der Waals surface area contributed by atoms with E-state index in [4.69, 9.17) is 9.47 Å². The van der Waals surface area contributed by atoms with Crippen LogP contribution in [0.2, 0.25) is 0 Å². The molecule has 0 radical (unpaired) electrons. The average Bonchev–Trinajstić information content (AvgIpc) is 2.44. The molecule has 0 bridgehead atoms. The van der Waals surface area contributed by atoms with Gasteiger partial charge in [-0.3, -0.25) is 4.79 Å². The van der Waals surface area contributed by atoms with E-state index in [1.54, 1.807) is 6.92 Å². The standard InChI is InChI=1S/C16H24O5/c1-2-21-16(19)11-15(18)10-14(17)8-9-20-12-13-6-4-3-5-7-13/h3-7,14-15,17-18H,2,8-12H2,1H3/t14-,15+/m1/s1. The molecule has 0 unspecified atom stereocenters.